The Kier molecular flexibility index (Phi) is 6.02. The Labute approximate surface area is 197 Å². The molecule has 8 nitrogen and oxygen atoms in total. The largest absolute Gasteiger partial charge is 0.309 e. The van der Waals surface area contributed by atoms with E-state index < -0.39 is 15.9 Å². The normalized spacial score (nSPS) is 15.8. The summed E-state index contributed by atoms with van der Waals surface area (Å²) in [6.45, 7) is 7.10. The lowest BCUT2D eigenvalue weighted by Crippen LogP contribution is -2.35. The number of hydrogen-bond donors (Lipinski definition) is 1. The van der Waals surface area contributed by atoms with Crippen LogP contribution in [0.1, 0.15) is 30.5 Å². The first-order valence-electron chi connectivity index (χ1n) is 10.5. The maximum atomic E-state index is 13.1. The van der Waals surface area contributed by atoms with Crippen LogP contribution in [0.15, 0.2) is 35.2 Å². The van der Waals surface area contributed by atoms with Crippen molar-refractivity contribution in [3.05, 3.63) is 47.0 Å². The number of sulfonamides is 1. The van der Waals surface area contributed by atoms with Crippen LogP contribution in [0.4, 0.5) is 10.8 Å². The van der Waals surface area contributed by atoms with E-state index in [1.54, 1.807) is 17.0 Å². The summed E-state index contributed by atoms with van der Waals surface area (Å²) < 4.78 is 28.2. The third kappa shape index (κ3) is 4.38. The summed E-state index contributed by atoms with van der Waals surface area (Å²) in [6.07, 6.45) is 0.582. The molecule has 1 aliphatic rings. The number of aryl methyl sites for hydroxylation is 2. The fourth-order valence-corrected chi connectivity index (χ4v) is 6.25. The molecule has 1 aromatic heterocycles. The van der Waals surface area contributed by atoms with E-state index in [0.717, 1.165) is 36.9 Å². The summed E-state index contributed by atoms with van der Waals surface area (Å²) in [5.74, 6) is -0.545. The molecule has 1 N–H and O–H groups in total. The smallest absolute Gasteiger partial charge is 0.243 e. The van der Waals surface area contributed by atoms with Gasteiger partial charge in [-0.05, 0) is 74.2 Å². The predicted octanol–water partition coefficient (Wildman–Crippen LogP) is 3.47. The van der Waals surface area contributed by atoms with Gasteiger partial charge in [-0.3, -0.25) is 9.59 Å². The summed E-state index contributed by atoms with van der Waals surface area (Å²) in [5, 5.41) is 3.14. The zero-order valence-corrected chi connectivity index (χ0v) is 20.8. The lowest BCUT2D eigenvalue weighted by molar-refractivity contribution is -0.117. The number of nitrogens with zero attached hydrogens (tertiary/aromatic N) is 3. The minimum atomic E-state index is -3.89. The Morgan fingerprint density at radius 1 is 1.21 bits per heavy atom. The number of fused-ring (bicyclic) bond motifs is 2. The van der Waals surface area contributed by atoms with Gasteiger partial charge in [0.1, 0.15) is 0 Å². The molecule has 1 aliphatic heterocycles. The van der Waals surface area contributed by atoms with Gasteiger partial charge >= 0.3 is 0 Å². The first-order chi connectivity index (χ1) is 15.5. The molecular weight excluding hydrogens is 460 g/mol. The quantitative estimate of drug-likeness (QED) is 0.595. The minimum absolute atomic E-state index is 0.0275. The molecule has 0 saturated carbocycles. The third-order valence-electron chi connectivity index (χ3n) is 5.93. The molecule has 0 aliphatic carbocycles. The van der Waals surface area contributed by atoms with E-state index in [2.05, 4.69) is 10.3 Å². The number of hydrogen-bond acceptors (Lipinski definition) is 6. The number of anilines is 2. The molecule has 2 aromatic carbocycles. The molecule has 0 spiro atoms. The molecule has 10 heteroatoms. The number of carbonyl (C=O) groups is 2. The van der Waals surface area contributed by atoms with Crippen LogP contribution in [0.25, 0.3) is 10.2 Å². The van der Waals surface area contributed by atoms with Gasteiger partial charge in [-0.25, -0.2) is 13.4 Å². The number of aromatic nitrogens is 1. The van der Waals surface area contributed by atoms with Gasteiger partial charge in [0.2, 0.25) is 21.8 Å². The Hall–Kier alpha value is -2.82. The SMILES string of the molecule is CC(=O)N1c2ccc(S(=O)(=O)N(C)CC(=O)Nc3nc4cc(C)c(C)cc4s3)cc2C[C@@H]1C. The zero-order chi connectivity index (χ0) is 24.1. The molecule has 0 radical (unpaired) electrons. The van der Waals surface area contributed by atoms with Crippen molar-refractivity contribution in [1.29, 1.82) is 0 Å². The number of amides is 2. The monoisotopic (exact) mass is 486 g/mol. The van der Waals surface area contributed by atoms with Crippen molar-refractivity contribution in [1.82, 2.24) is 9.29 Å². The van der Waals surface area contributed by atoms with E-state index in [9.17, 15) is 18.0 Å². The van der Waals surface area contributed by atoms with Crippen molar-refractivity contribution < 1.29 is 18.0 Å². The highest BCUT2D eigenvalue weighted by Gasteiger charge is 2.31. The molecule has 0 unspecified atom stereocenters. The lowest BCUT2D eigenvalue weighted by Gasteiger charge is -2.21. The number of rotatable bonds is 5. The fraction of sp³-hybridized carbons (Fsp3) is 0.348. The topological polar surface area (TPSA) is 99.7 Å². The molecule has 0 fully saturated rings. The van der Waals surface area contributed by atoms with Gasteiger partial charge in [0, 0.05) is 25.7 Å². The first kappa shape index (κ1) is 23.3. The van der Waals surface area contributed by atoms with Gasteiger partial charge in [0.05, 0.1) is 21.7 Å². The highest BCUT2D eigenvalue weighted by Crippen LogP contribution is 2.34. The Bertz CT molecular complexity index is 1340. The van der Waals surface area contributed by atoms with Crippen molar-refractivity contribution in [2.24, 2.45) is 0 Å². The van der Waals surface area contributed by atoms with Gasteiger partial charge in [-0.15, -0.1) is 0 Å². The van der Waals surface area contributed by atoms with E-state index >= 15 is 0 Å². The molecular formula is C23H26N4O4S2. The van der Waals surface area contributed by atoms with Crippen LogP contribution in [0.3, 0.4) is 0 Å². The number of nitrogens with one attached hydrogen (secondary N) is 1. The van der Waals surface area contributed by atoms with Crippen LogP contribution in [0.2, 0.25) is 0 Å². The second kappa shape index (κ2) is 8.51. The average molecular weight is 487 g/mol. The average Bonchev–Trinajstić information content (AvgIpc) is 3.25. The van der Waals surface area contributed by atoms with Gasteiger partial charge in [-0.1, -0.05) is 11.3 Å². The number of thiazole rings is 1. The Morgan fingerprint density at radius 2 is 1.91 bits per heavy atom. The van der Waals surface area contributed by atoms with Crippen molar-refractivity contribution >= 4 is 54.2 Å². The second-order valence-corrected chi connectivity index (χ2v) is 11.5. The van der Waals surface area contributed by atoms with Crippen LogP contribution < -0.4 is 10.2 Å². The molecule has 2 amide bonds. The van der Waals surface area contributed by atoms with E-state index in [-0.39, 0.29) is 23.4 Å². The van der Waals surface area contributed by atoms with Crippen molar-refractivity contribution in [2.75, 3.05) is 23.8 Å². The van der Waals surface area contributed by atoms with Gasteiger partial charge < -0.3 is 10.2 Å². The lowest BCUT2D eigenvalue weighted by atomic mass is 10.1. The van der Waals surface area contributed by atoms with Crippen LogP contribution >= 0.6 is 11.3 Å². The molecule has 0 bridgehead atoms. The summed E-state index contributed by atoms with van der Waals surface area (Å²) in [4.78, 5) is 30.7. The van der Waals surface area contributed by atoms with Crippen molar-refractivity contribution in [3.8, 4) is 0 Å². The van der Waals surface area contributed by atoms with Gasteiger partial charge in [-0.2, -0.15) is 4.31 Å². The Morgan fingerprint density at radius 3 is 2.61 bits per heavy atom. The van der Waals surface area contributed by atoms with Crippen LogP contribution in [0, 0.1) is 13.8 Å². The number of benzene rings is 2. The molecule has 2 heterocycles. The van der Waals surface area contributed by atoms with Crippen molar-refractivity contribution in [3.63, 3.8) is 0 Å². The van der Waals surface area contributed by atoms with Crippen molar-refractivity contribution in [2.45, 2.75) is 45.1 Å². The highest BCUT2D eigenvalue weighted by molar-refractivity contribution is 7.89. The summed E-state index contributed by atoms with van der Waals surface area (Å²) in [7, 11) is -2.51. The van der Waals surface area contributed by atoms with E-state index in [4.69, 9.17) is 0 Å². The minimum Gasteiger partial charge on any atom is -0.309 e. The number of carbonyl (C=O) groups excluding carboxylic acids is 2. The Balaban J connectivity index is 1.49. The standard InChI is InChI=1S/C23H26N4O4S2/c1-13-8-19-21(9-14(13)2)32-23(24-19)25-22(29)12-26(5)33(30,31)18-6-7-20-17(11-18)10-15(3)27(20)16(4)28/h6-9,11,15H,10,12H2,1-5H3,(H,24,25,29)/t15-/m0/s1. The number of likely N-dealkylation sites (N-methyl/N-ethyl adjacent to an activating group) is 1. The maximum Gasteiger partial charge on any atom is 0.243 e. The van der Waals surface area contributed by atoms with Crippen LogP contribution in [0.5, 0.6) is 0 Å². The molecule has 174 valence electrons. The first-order valence-corrected chi connectivity index (χ1v) is 12.8. The zero-order valence-electron chi connectivity index (χ0n) is 19.2. The highest BCUT2D eigenvalue weighted by atomic mass is 32.2. The second-order valence-electron chi connectivity index (χ2n) is 8.47. The fourth-order valence-electron chi connectivity index (χ4n) is 4.11. The molecule has 3 aromatic rings. The summed E-state index contributed by atoms with van der Waals surface area (Å²) in [6, 6.07) is 8.70. The predicted molar refractivity (Wildman–Crippen MR) is 130 cm³/mol. The van der Waals surface area contributed by atoms with E-state index in [1.807, 2.05) is 32.9 Å². The summed E-state index contributed by atoms with van der Waals surface area (Å²) >= 11 is 1.35. The maximum absolute atomic E-state index is 13.1. The van der Waals surface area contributed by atoms with Crippen LogP contribution in [-0.2, 0) is 26.0 Å². The third-order valence-corrected chi connectivity index (χ3v) is 8.66. The molecule has 0 saturated heterocycles. The van der Waals surface area contributed by atoms with E-state index in [1.165, 1.54) is 31.4 Å². The van der Waals surface area contributed by atoms with Crippen LogP contribution in [-0.4, -0.2) is 49.2 Å². The van der Waals surface area contributed by atoms with Gasteiger partial charge in [0.15, 0.2) is 5.13 Å². The van der Waals surface area contributed by atoms with E-state index in [0.29, 0.717) is 11.6 Å². The van der Waals surface area contributed by atoms with Gasteiger partial charge in [0.25, 0.3) is 0 Å². The molecule has 33 heavy (non-hydrogen) atoms. The molecule has 4 rings (SSSR count). The molecule has 1 atom stereocenters. The summed E-state index contributed by atoms with van der Waals surface area (Å²) in [5.41, 5.74) is 4.59.